The zero-order valence-electron chi connectivity index (χ0n) is 41.6. The second kappa shape index (κ2) is 52.7. The van der Waals surface area contributed by atoms with Gasteiger partial charge in [0.1, 0.15) is 13.2 Å². The standard InChI is InChI=1S/C60H90O6/c1-4-7-10-13-16-19-22-25-27-29-31-32-35-38-41-44-47-50-53-59(62)65-56-57(55-64-58(61)52-49-46-43-40-37-34-24-21-18-15-12-9-6-3)66-60(63)54-51-48-45-42-39-36-33-30-28-26-23-20-17-14-11-8-5-2/h8,10-11,13-14,16-17,19-20,22-23,25-34,36-37,39,43,46,57H,4-7,9,12,15,18,21,24,35,38,40-42,44-45,47-56H2,1-3H3/b11-8-,13-10-,17-14-,19-16-,23-20-,25-22-,28-26-,29-27-,32-31-,33-30+,37-34-,39-36-,46-43-. The molecule has 1 unspecified atom stereocenters. The van der Waals surface area contributed by atoms with E-state index in [1.165, 1.54) is 44.9 Å². The molecule has 0 aliphatic heterocycles. The molecule has 0 saturated carbocycles. The first-order chi connectivity index (χ1) is 32.5. The van der Waals surface area contributed by atoms with Crippen molar-refractivity contribution < 1.29 is 28.6 Å². The highest BCUT2D eigenvalue weighted by Crippen LogP contribution is 2.11. The van der Waals surface area contributed by atoms with E-state index in [-0.39, 0.29) is 44.0 Å². The maximum Gasteiger partial charge on any atom is 0.306 e. The van der Waals surface area contributed by atoms with Crippen LogP contribution >= 0.6 is 0 Å². The normalized spacial score (nSPS) is 13.4. The zero-order valence-corrected chi connectivity index (χ0v) is 41.6. The molecule has 0 aliphatic carbocycles. The molecule has 0 aromatic rings. The second-order valence-corrected chi connectivity index (χ2v) is 16.3. The molecule has 0 aromatic heterocycles. The van der Waals surface area contributed by atoms with Gasteiger partial charge in [-0.3, -0.25) is 14.4 Å². The number of unbranched alkanes of at least 4 members (excludes halogenated alkanes) is 15. The van der Waals surface area contributed by atoms with Gasteiger partial charge >= 0.3 is 17.9 Å². The van der Waals surface area contributed by atoms with E-state index < -0.39 is 6.10 Å². The first kappa shape index (κ1) is 61.0. The third-order valence-electron chi connectivity index (χ3n) is 10.0. The highest BCUT2D eigenvalue weighted by atomic mass is 16.6. The molecule has 0 saturated heterocycles. The van der Waals surface area contributed by atoms with Gasteiger partial charge in [-0.15, -0.1) is 0 Å². The summed E-state index contributed by atoms with van der Waals surface area (Å²) in [5, 5.41) is 0. The van der Waals surface area contributed by atoms with E-state index in [0.717, 1.165) is 83.5 Å². The summed E-state index contributed by atoms with van der Waals surface area (Å²) in [5.74, 6) is -1.09. The Kier molecular flexibility index (Phi) is 48.7. The van der Waals surface area contributed by atoms with Gasteiger partial charge in [-0.25, -0.2) is 0 Å². The Morgan fingerprint density at radius 3 is 1.21 bits per heavy atom. The number of allylic oxidation sites excluding steroid dienone is 26. The molecule has 0 aromatic carbocycles. The Morgan fingerprint density at radius 1 is 0.333 bits per heavy atom. The van der Waals surface area contributed by atoms with Crippen molar-refractivity contribution in [3.63, 3.8) is 0 Å². The van der Waals surface area contributed by atoms with E-state index in [9.17, 15) is 14.4 Å². The van der Waals surface area contributed by atoms with Crippen LogP contribution in [0.5, 0.6) is 0 Å². The lowest BCUT2D eigenvalue weighted by Gasteiger charge is -2.18. The lowest BCUT2D eigenvalue weighted by atomic mass is 10.1. The van der Waals surface area contributed by atoms with Crippen molar-refractivity contribution >= 4 is 17.9 Å². The number of hydrogen-bond acceptors (Lipinski definition) is 6. The van der Waals surface area contributed by atoms with Gasteiger partial charge in [-0.1, -0.05) is 243 Å². The summed E-state index contributed by atoms with van der Waals surface area (Å²) < 4.78 is 16.7. The third-order valence-corrected chi connectivity index (χ3v) is 10.0. The summed E-state index contributed by atoms with van der Waals surface area (Å²) in [6.45, 7) is 6.25. The SMILES string of the molecule is CC\C=C/C=C\C=C/C=C\C=C\C=C/CCCCCC(=O)OC(COC(=O)CC/C=C\C/C=C\CCCCCCCC)COC(=O)CCCCCCC\C=C/C=C\C=C/C=C\C=C/CCC. The van der Waals surface area contributed by atoms with Crippen LogP contribution in [-0.2, 0) is 28.6 Å². The summed E-state index contributed by atoms with van der Waals surface area (Å²) in [6.07, 6.45) is 76.5. The zero-order chi connectivity index (χ0) is 47.9. The smallest absolute Gasteiger partial charge is 0.306 e. The number of hydrogen-bond donors (Lipinski definition) is 0. The number of carbonyl (C=O) groups is 3. The predicted molar refractivity (Wildman–Crippen MR) is 283 cm³/mol. The van der Waals surface area contributed by atoms with E-state index in [0.29, 0.717) is 19.3 Å². The second-order valence-electron chi connectivity index (χ2n) is 16.3. The summed E-state index contributed by atoms with van der Waals surface area (Å²) in [5.41, 5.74) is 0. The molecule has 366 valence electrons. The molecule has 6 nitrogen and oxygen atoms in total. The van der Waals surface area contributed by atoms with Gasteiger partial charge in [0.2, 0.25) is 0 Å². The Balaban J connectivity index is 4.64. The van der Waals surface area contributed by atoms with Crippen LogP contribution in [0.1, 0.15) is 181 Å². The number of esters is 3. The summed E-state index contributed by atoms with van der Waals surface area (Å²) >= 11 is 0. The lowest BCUT2D eigenvalue weighted by molar-refractivity contribution is -0.166. The van der Waals surface area contributed by atoms with Crippen LogP contribution in [0, 0.1) is 0 Å². The van der Waals surface area contributed by atoms with Crippen LogP contribution in [-0.4, -0.2) is 37.2 Å². The van der Waals surface area contributed by atoms with Crippen LogP contribution < -0.4 is 0 Å². The highest BCUT2D eigenvalue weighted by Gasteiger charge is 2.19. The third kappa shape index (κ3) is 50.0. The summed E-state index contributed by atoms with van der Waals surface area (Å²) in [6, 6.07) is 0. The summed E-state index contributed by atoms with van der Waals surface area (Å²) in [4.78, 5) is 38.0. The molecule has 0 rings (SSSR count). The van der Waals surface area contributed by atoms with Gasteiger partial charge in [0.05, 0.1) is 0 Å². The van der Waals surface area contributed by atoms with Crippen molar-refractivity contribution in [1.82, 2.24) is 0 Å². The molecule has 0 bridgehead atoms. The minimum Gasteiger partial charge on any atom is -0.462 e. The van der Waals surface area contributed by atoms with Crippen molar-refractivity contribution in [1.29, 1.82) is 0 Å². The predicted octanol–water partition coefficient (Wildman–Crippen LogP) is 17.0. The van der Waals surface area contributed by atoms with Crippen LogP contribution in [0.2, 0.25) is 0 Å². The number of rotatable bonds is 43. The molecule has 1 atom stereocenters. The average molecular weight is 907 g/mol. The van der Waals surface area contributed by atoms with Crippen molar-refractivity contribution in [3.05, 3.63) is 158 Å². The molecule has 0 N–H and O–H groups in total. The Hall–Kier alpha value is -4.97. The summed E-state index contributed by atoms with van der Waals surface area (Å²) in [7, 11) is 0. The number of carbonyl (C=O) groups excluding carboxylic acids is 3. The maximum atomic E-state index is 12.8. The van der Waals surface area contributed by atoms with E-state index in [2.05, 4.69) is 75.5 Å². The van der Waals surface area contributed by atoms with Crippen LogP contribution in [0.25, 0.3) is 0 Å². The quantitative estimate of drug-likeness (QED) is 0.0199. The minimum atomic E-state index is -0.843. The Morgan fingerprint density at radius 2 is 0.712 bits per heavy atom. The van der Waals surface area contributed by atoms with Crippen LogP contribution in [0.15, 0.2) is 158 Å². The van der Waals surface area contributed by atoms with E-state index >= 15 is 0 Å². The monoisotopic (exact) mass is 907 g/mol. The van der Waals surface area contributed by atoms with Gasteiger partial charge < -0.3 is 14.2 Å². The first-order valence-corrected chi connectivity index (χ1v) is 25.6. The van der Waals surface area contributed by atoms with Crippen LogP contribution in [0.4, 0.5) is 0 Å². The fourth-order valence-corrected chi connectivity index (χ4v) is 6.20. The Bertz CT molecular complexity index is 1560. The molecule has 0 aliphatic rings. The minimum absolute atomic E-state index is 0.135. The van der Waals surface area contributed by atoms with E-state index in [1.807, 2.05) is 103 Å². The largest absolute Gasteiger partial charge is 0.462 e. The topological polar surface area (TPSA) is 78.9 Å². The molecule has 0 spiro atoms. The molecule has 0 heterocycles. The fourth-order valence-electron chi connectivity index (χ4n) is 6.20. The van der Waals surface area contributed by atoms with Crippen LogP contribution in [0.3, 0.4) is 0 Å². The van der Waals surface area contributed by atoms with Crippen molar-refractivity contribution in [3.8, 4) is 0 Å². The van der Waals surface area contributed by atoms with Gasteiger partial charge in [-0.05, 0) is 77.0 Å². The van der Waals surface area contributed by atoms with Crippen molar-refractivity contribution in [2.45, 2.75) is 187 Å². The highest BCUT2D eigenvalue weighted by molar-refractivity contribution is 5.71. The Labute approximate surface area is 403 Å². The van der Waals surface area contributed by atoms with Gasteiger partial charge in [0, 0.05) is 19.3 Å². The number of ether oxygens (including phenoxy) is 3. The van der Waals surface area contributed by atoms with Gasteiger partial charge in [0.15, 0.2) is 6.10 Å². The van der Waals surface area contributed by atoms with E-state index in [1.54, 1.807) is 0 Å². The van der Waals surface area contributed by atoms with Crippen molar-refractivity contribution in [2.24, 2.45) is 0 Å². The lowest BCUT2D eigenvalue weighted by Crippen LogP contribution is -2.30. The van der Waals surface area contributed by atoms with Crippen molar-refractivity contribution in [2.75, 3.05) is 13.2 Å². The molecule has 6 heteroatoms. The molecule has 0 amide bonds. The first-order valence-electron chi connectivity index (χ1n) is 25.6. The molecular formula is C60H90O6. The average Bonchev–Trinajstić information content (AvgIpc) is 3.31. The molecular weight excluding hydrogens is 817 g/mol. The van der Waals surface area contributed by atoms with Gasteiger partial charge in [-0.2, -0.15) is 0 Å². The molecule has 0 fully saturated rings. The maximum absolute atomic E-state index is 12.8. The van der Waals surface area contributed by atoms with Gasteiger partial charge in [0.25, 0.3) is 0 Å². The molecule has 0 radical (unpaired) electrons. The fraction of sp³-hybridized carbons (Fsp3) is 0.517. The van der Waals surface area contributed by atoms with E-state index in [4.69, 9.17) is 14.2 Å². The molecule has 66 heavy (non-hydrogen) atoms.